The number of hydrogen-bond donors (Lipinski definition) is 0. The van der Waals surface area contributed by atoms with E-state index < -0.39 is 0 Å². The first-order valence-electron chi connectivity index (χ1n) is 4.48. The number of fused-ring (bicyclic) bond motifs is 1. The molecule has 0 radical (unpaired) electrons. The van der Waals surface area contributed by atoms with Gasteiger partial charge in [-0.1, -0.05) is 19.9 Å². The highest BCUT2D eigenvalue weighted by Gasteiger charge is 2.24. The maximum Gasteiger partial charge on any atom is 0.123 e. The van der Waals surface area contributed by atoms with Crippen LogP contribution in [0.2, 0.25) is 0 Å². The fourth-order valence-electron chi connectivity index (χ4n) is 2.21. The summed E-state index contributed by atoms with van der Waals surface area (Å²) in [6, 6.07) is 5.18. The molecule has 1 aromatic rings. The lowest BCUT2D eigenvalue weighted by Gasteiger charge is -2.03. The summed E-state index contributed by atoms with van der Waals surface area (Å²) < 4.78 is 12.9. The minimum absolute atomic E-state index is 0.102. The normalized spacial score (nSPS) is 27.2. The smallest absolute Gasteiger partial charge is 0.123 e. The Balaban J connectivity index is 2.53. The fourth-order valence-corrected chi connectivity index (χ4v) is 2.21. The Bertz CT molecular complexity index is 304. The molecular formula is C11H13F. The summed E-state index contributed by atoms with van der Waals surface area (Å²) in [6.07, 6.45) is 1.17. The van der Waals surface area contributed by atoms with E-state index in [-0.39, 0.29) is 5.82 Å². The van der Waals surface area contributed by atoms with Gasteiger partial charge in [0, 0.05) is 0 Å². The van der Waals surface area contributed by atoms with Gasteiger partial charge in [0.05, 0.1) is 0 Å². The second-order valence-corrected chi connectivity index (χ2v) is 3.81. The summed E-state index contributed by atoms with van der Waals surface area (Å²) in [6.45, 7) is 4.38. The zero-order valence-electron chi connectivity index (χ0n) is 7.47. The van der Waals surface area contributed by atoms with Crippen LogP contribution in [0.5, 0.6) is 0 Å². The van der Waals surface area contributed by atoms with Crippen LogP contribution in [-0.2, 0) is 0 Å². The predicted octanol–water partition coefficient (Wildman–Crippen LogP) is 3.44. The predicted molar refractivity (Wildman–Crippen MR) is 47.8 cm³/mol. The van der Waals surface area contributed by atoms with Crippen molar-refractivity contribution in [1.82, 2.24) is 0 Å². The van der Waals surface area contributed by atoms with Crippen LogP contribution >= 0.6 is 0 Å². The molecule has 0 amide bonds. The second kappa shape index (κ2) is 2.58. The third kappa shape index (κ3) is 1.04. The average molecular weight is 164 g/mol. The van der Waals surface area contributed by atoms with Gasteiger partial charge in [-0.15, -0.1) is 0 Å². The largest absolute Gasteiger partial charge is 0.207 e. The van der Waals surface area contributed by atoms with E-state index in [0.717, 1.165) is 0 Å². The highest BCUT2D eigenvalue weighted by atomic mass is 19.1. The standard InChI is InChI=1S/C11H13F/c1-7-5-8(2)11-6-9(12)3-4-10(7)11/h3-4,6-8H,5H2,1-2H3. The third-order valence-corrected chi connectivity index (χ3v) is 2.82. The minimum atomic E-state index is -0.102. The highest BCUT2D eigenvalue weighted by Crippen LogP contribution is 2.40. The van der Waals surface area contributed by atoms with Crippen molar-refractivity contribution in [3.8, 4) is 0 Å². The van der Waals surface area contributed by atoms with Crippen LogP contribution in [0, 0.1) is 5.82 Å². The molecule has 0 saturated heterocycles. The molecule has 0 fully saturated rings. The van der Waals surface area contributed by atoms with Gasteiger partial charge in [0.15, 0.2) is 0 Å². The number of halogens is 1. The van der Waals surface area contributed by atoms with Crippen LogP contribution in [0.4, 0.5) is 4.39 Å². The Labute approximate surface area is 72.4 Å². The topological polar surface area (TPSA) is 0 Å². The summed E-state index contributed by atoms with van der Waals surface area (Å²) >= 11 is 0. The van der Waals surface area contributed by atoms with Crippen molar-refractivity contribution >= 4 is 0 Å². The molecule has 0 N–H and O–H groups in total. The molecule has 0 heterocycles. The Hall–Kier alpha value is -0.850. The molecule has 1 aliphatic rings. The monoisotopic (exact) mass is 164 g/mol. The van der Waals surface area contributed by atoms with Gasteiger partial charge in [-0.05, 0) is 41.5 Å². The molecule has 1 aliphatic carbocycles. The number of hydrogen-bond acceptors (Lipinski definition) is 0. The van der Waals surface area contributed by atoms with Crippen LogP contribution < -0.4 is 0 Å². The van der Waals surface area contributed by atoms with Gasteiger partial charge in [0.1, 0.15) is 5.82 Å². The van der Waals surface area contributed by atoms with Crippen molar-refractivity contribution in [2.75, 3.05) is 0 Å². The molecular weight excluding hydrogens is 151 g/mol. The summed E-state index contributed by atoms with van der Waals surface area (Å²) in [4.78, 5) is 0. The molecule has 2 atom stereocenters. The van der Waals surface area contributed by atoms with E-state index in [1.165, 1.54) is 17.5 Å². The molecule has 0 aliphatic heterocycles. The van der Waals surface area contributed by atoms with E-state index in [1.54, 1.807) is 12.1 Å². The molecule has 0 spiro atoms. The molecule has 64 valence electrons. The minimum Gasteiger partial charge on any atom is -0.207 e. The third-order valence-electron chi connectivity index (χ3n) is 2.82. The Morgan fingerprint density at radius 2 is 1.83 bits per heavy atom. The summed E-state index contributed by atoms with van der Waals surface area (Å²) in [5.74, 6) is 1.04. The second-order valence-electron chi connectivity index (χ2n) is 3.81. The van der Waals surface area contributed by atoms with E-state index in [0.29, 0.717) is 11.8 Å². The Morgan fingerprint density at radius 3 is 2.58 bits per heavy atom. The van der Waals surface area contributed by atoms with Crippen LogP contribution in [0.15, 0.2) is 18.2 Å². The van der Waals surface area contributed by atoms with Crippen LogP contribution in [-0.4, -0.2) is 0 Å². The Morgan fingerprint density at radius 1 is 1.17 bits per heavy atom. The van der Waals surface area contributed by atoms with E-state index in [2.05, 4.69) is 13.8 Å². The van der Waals surface area contributed by atoms with E-state index in [9.17, 15) is 4.39 Å². The van der Waals surface area contributed by atoms with Gasteiger partial charge in [-0.2, -0.15) is 0 Å². The van der Waals surface area contributed by atoms with Gasteiger partial charge < -0.3 is 0 Å². The molecule has 1 heteroatoms. The SMILES string of the molecule is CC1CC(C)c2cc(F)ccc21. The van der Waals surface area contributed by atoms with Crippen LogP contribution in [0.1, 0.15) is 43.2 Å². The first kappa shape index (κ1) is 7.78. The van der Waals surface area contributed by atoms with Crippen LogP contribution in [0.25, 0.3) is 0 Å². The quantitative estimate of drug-likeness (QED) is 0.551. The van der Waals surface area contributed by atoms with Crippen molar-refractivity contribution < 1.29 is 4.39 Å². The van der Waals surface area contributed by atoms with Crippen molar-refractivity contribution in [2.24, 2.45) is 0 Å². The van der Waals surface area contributed by atoms with Gasteiger partial charge in [0.2, 0.25) is 0 Å². The van der Waals surface area contributed by atoms with E-state index in [4.69, 9.17) is 0 Å². The van der Waals surface area contributed by atoms with Crippen molar-refractivity contribution in [3.63, 3.8) is 0 Å². The number of rotatable bonds is 0. The molecule has 0 bridgehead atoms. The van der Waals surface area contributed by atoms with E-state index in [1.807, 2.05) is 6.07 Å². The van der Waals surface area contributed by atoms with Crippen molar-refractivity contribution in [2.45, 2.75) is 32.1 Å². The Kier molecular flexibility index (Phi) is 1.67. The molecule has 2 unspecified atom stereocenters. The van der Waals surface area contributed by atoms with Gasteiger partial charge in [0.25, 0.3) is 0 Å². The first-order chi connectivity index (χ1) is 5.68. The first-order valence-corrected chi connectivity index (χ1v) is 4.48. The maximum atomic E-state index is 12.9. The molecule has 2 rings (SSSR count). The zero-order chi connectivity index (χ0) is 8.72. The summed E-state index contributed by atoms with van der Waals surface area (Å²) in [5, 5.41) is 0. The lowest BCUT2D eigenvalue weighted by Crippen LogP contribution is -1.87. The molecule has 0 nitrogen and oxygen atoms in total. The van der Waals surface area contributed by atoms with Gasteiger partial charge in [-0.25, -0.2) is 4.39 Å². The maximum absolute atomic E-state index is 12.9. The summed E-state index contributed by atoms with van der Waals surface area (Å²) in [7, 11) is 0. The zero-order valence-corrected chi connectivity index (χ0v) is 7.47. The molecule has 12 heavy (non-hydrogen) atoms. The van der Waals surface area contributed by atoms with Crippen molar-refractivity contribution in [1.29, 1.82) is 0 Å². The summed E-state index contributed by atoms with van der Waals surface area (Å²) in [5.41, 5.74) is 2.55. The van der Waals surface area contributed by atoms with E-state index >= 15 is 0 Å². The molecule has 0 saturated carbocycles. The average Bonchev–Trinajstić information content (AvgIpc) is 2.28. The lowest BCUT2D eigenvalue weighted by atomic mass is 10.0. The van der Waals surface area contributed by atoms with Gasteiger partial charge in [-0.3, -0.25) is 0 Å². The van der Waals surface area contributed by atoms with Crippen molar-refractivity contribution in [3.05, 3.63) is 35.1 Å². The molecule has 0 aromatic heterocycles. The van der Waals surface area contributed by atoms with Crippen LogP contribution in [0.3, 0.4) is 0 Å². The number of benzene rings is 1. The lowest BCUT2D eigenvalue weighted by molar-refractivity contribution is 0.622. The molecule has 1 aromatic carbocycles. The fraction of sp³-hybridized carbons (Fsp3) is 0.455. The highest BCUT2D eigenvalue weighted by molar-refractivity contribution is 5.37. The van der Waals surface area contributed by atoms with Gasteiger partial charge >= 0.3 is 0 Å².